The molecule has 4 rings (SSSR count). The summed E-state index contributed by atoms with van der Waals surface area (Å²) < 4.78 is 1.93. The zero-order chi connectivity index (χ0) is 20.1. The molecule has 1 amide bonds. The maximum absolute atomic E-state index is 11.9. The Labute approximate surface area is 168 Å². The highest BCUT2D eigenvalue weighted by Gasteiger charge is 2.20. The number of fused-ring (bicyclic) bond motifs is 1. The Hall–Kier alpha value is -3.27. The fourth-order valence-corrected chi connectivity index (χ4v) is 3.34. The summed E-state index contributed by atoms with van der Waals surface area (Å²) in [6.45, 7) is 2.94. The summed E-state index contributed by atoms with van der Waals surface area (Å²) in [6.07, 6.45) is 6.78. The largest absolute Gasteiger partial charge is 0.395 e. The number of carbonyl (C=O) groups excluding carboxylic acids is 1. The Morgan fingerprint density at radius 1 is 1.21 bits per heavy atom. The van der Waals surface area contributed by atoms with Crippen LogP contribution in [0.25, 0.3) is 11.2 Å². The molecule has 1 saturated heterocycles. The first-order valence-electron chi connectivity index (χ1n) is 9.73. The summed E-state index contributed by atoms with van der Waals surface area (Å²) in [5.41, 5.74) is 2.33. The number of likely N-dealkylation sites (tertiary alicyclic amines) is 1. The van der Waals surface area contributed by atoms with Gasteiger partial charge in [0.1, 0.15) is 0 Å². The average molecular weight is 396 g/mol. The van der Waals surface area contributed by atoms with Crippen molar-refractivity contribution in [3.05, 3.63) is 36.4 Å². The number of nitrogens with one attached hydrogen (secondary N) is 2. The molecule has 152 valence electrons. The van der Waals surface area contributed by atoms with Crippen LogP contribution in [0.15, 0.2) is 30.9 Å². The summed E-state index contributed by atoms with van der Waals surface area (Å²) in [4.78, 5) is 31.5. The van der Waals surface area contributed by atoms with Crippen molar-refractivity contribution in [1.29, 1.82) is 0 Å². The zero-order valence-corrected chi connectivity index (χ0v) is 16.1. The van der Waals surface area contributed by atoms with E-state index in [9.17, 15) is 4.79 Å². The lowest BCUT2D eigenvalue weighted by Crippen LogP contribution is -2.28. The molecular formula is C19H24N8O2. The molecule has 4 heterocycles. The van der Waals surface area contributed by atoms with Gasteiger partial charge in [-0.2, -0.15) is 9.97 Å². The maximum atomic E-state index is 11.9. The number of nitrogens with zero attached hydrogens (tertiary/aromatic N) is 6. The topological polar surface area (TPSA) is 121 Å². The number of anilines is 2. The quantitative estimate of drug-likeness (QED) is 0.487. The molecule has 0 atom stereocenters. The van der Waals surface area contributed by atoms with Gasteiger partial charge in [0.2, 0.25) is 11.9 Å². The standard InChI is InChI=1S/C19H24N8O2/c28-10-6-21-17-16-18(25-19(24-17)22-12-14-3-1-5-20-11-14)27(13-23-16)9-8-26-7-2-4-15(26)29/h1,3,5,11,13,28H,2,4,6-10,12H2,(H2,21,22,24,25). The molecule has 3 aromatic heterocycles. The van der Waals surface area contributed by atoms with E-state index in [0.717, 1.165) is 18.5 Å². The Balaban J connectivity index is 1.56. The molecule has 10 heteroatoms. The third kappa shape index (κ3) is 4.43. The molecule has 1 aliphatic rings. The van der Waals surface area contributed by atoms with Crippen molar-refractivity contribution in [1.82, 2.24) is 29.4 Å². The number of carbonyl (C=O) groups is 1. The minimum Gasteiger partial charge on any atom is -0.395 e. The average Bonchev–Trinajstić information content (AvgIpc) is 3.35. The van der Waals surface area contributed by atoms with Gasteiger partial charge < -0.3 is 25.2 Å². The van der Waals surface area contributed by atoms with Crippen molar-refractivity contribution in [2.45, 2.75) is 25.9 Å². The van der Waals surface area contributed by atoms with E-state index in [4.69, 9.17) is 5.11 Å². The van der Waals surface area contributed by atoms with E-state index < -0.39 is 0 Å². The summed E-state index contributed by atoms with van der Waals surface area (Å²) in [7, 11) is 0. The molecule has 1 fully saturated rings. The van der Waals surface area contributed by atoms with E-state index in [1.165, 1.54) is 0 Å². The van der Waals surface area contributed by atoms with Crippen LogP contribution in [0.5, 0.6) is 0 Å². The van der Waals surface area contributed by atoms with Gasteiger partial charge >= 0.3 is 0 Å². The Morgan fingerprint density at radius 3 is 2.90 bits per heavy atom. The third-order valence-corrected chi connectivity index (χ3v) is 4.82. The number of hydrogen-bond acceptors (Lipinski definition) is 8. The van der Waals surface area contributed by atoms with Crippen LogP contribution in [0.2, 0.25) is 0 Å². The van der Waals surface area contributed by atoms with Crippen molar-refractivity contribution in [3.8, 4) is 0 Å². The number of rotatable bonds is 9. The summed E-state index contributed by atoms with van der Waals surface area (Å²) in [6, 6.07) is 3.85. The predicted octanol–water partition coefficient (Wildman–Crippen LogP) is 0.860. The first-order chi connectivity index (χ1) is 14.2. The summed E-state index contributed by atoms with van der Waals surface area (Å²) in [5, 5.41) is 15.5. The van der Waals surface area contributed by atoms with E-state index in [2.05, 4.69) is 30.6 Å². The lowest BCUT2D eigenvalue weighted by Gasteiger charge is -2.16. The van der Waals surface area contributed by atoms with E-state index in [1.807, 2.05) is 21.6 Å². The minimum absolute atomic E-state index is 0.0122. The van der Waals surface area contributed by atoms with E-state index in [0.29, 0.717) is 55.5 Å². The normalized spacial score (nSPS) is 14.0. The molecule has 3 aromatic rings. The lowest BCUT2D eigenvalue weighted by atomic mass is 10.3. The number of aliphatic hydroxyl groups excluding tert-OH is 1. The van der Waals surface area contributed by atoms with Crippen LogP contribution in [0.4, 0.5) is 11.8 Å². The van der Waals surface area contributed by atoms with Gasteiger partial charge in [0, 0.05) is 51.5 Å². The molecule has 0 bridgehead atoms. The monoisotopic (exact) mass is 396 g/mol. The SMILES string of the molecule is O=C1CCCN1CCn1cnc2c(NCCO)nc(NCc3cccnc3)nc21. The fourth-order valence-electron chi connectivity index (χ4n) is 3.34. The molecule has 0 saturated carbocycles. The number of imidazole rings is 1. The Bertz CT molecular complexity index is 975. The van der Waals surface area contributed by atoms with Gasteiger partial charge in [-0.05, 0) is 18.1 Å². The fraction of sp³-hybridized carbons (Fsp3) is 0.421. The van der Waals surface area contributed by atoms with Gasteiger partial charge in [-0.15, -0.1) is 0 Å². The van der Waals surface area contributed by atoms with Crippen molar-refractivity contribution in [2.24, 2.45) is 0 Å². The molecule has 0 radical (unpaired) electrons. The van der Waals surface area contributed by atoms with Gasteiger partial charge in [0.15, 0.2) is 17.0 Å². The minimum atomic E-state index is -0.0122. The van der Waals surface area contributed by atoms with Crippen LogP contribution < -0.4 is 10.6 Å². The first-order valence-corrected chi connectivity index (χ1v) is 9.73. The van der Waals surface area contributed by atoms with Crippen molar-refractivity contribution in [3.63, 3.8) is 0 Å². The van der Waals surface area contributed by atoms with Crippen molar-refractivity contribution >= 4 is 28.8 Å². The van der Waals surface area contributed by atoms with Crippen LogP contribution in [-0.2, 0) is 17.9 Å². The molecule has 0 aromatic carbocycles. The van der Waals surface area contributed by atoms with E-state index in [1.54, 1.807) is 18.7 Å². The van der Waals surface area contributed by atoms with E-state index in [-0.39, 0.29) is 12.5 Å². The smallest absolute Gasteiger partial charge is 0.227 e. The molecule has 0 spiro atoms. The second kappa shape index (κ2) is 8.82. The summed E-state index contributed by atoms with van der Waals surface area (Å²) >= 11 is 0. The predicted molar refractivity (Wildman–Crippen MR) is 108 cm³/mol. The van der Waals surface area contributed by atoms with Crippen molar-refractivity contribution in [2.75, 3.05) is 36.9 Å². The van der Waals surface area contributed by atoms with Gasteiger partial charge in [-0.3, -0.25) is 9.78 Å². The molecule has 3 N–H and O–H groups in total. The highest BCUT2D eigenvalue weighted by molar-refractivity contribution is 5.84. The molecule has 10 nitrogen and oxygen atoms in total. The number of hydrogen-bond donors (Lipinski definition) is 3. The molecule has 0 unspecified atom stereocenters. The zero-order valence-electron chi connectivity index (χ0n) is 16.1. The molecule has 1 aliphatic heterocycles. The van der Waals surface area contributed by atoms with Crippen LogP contribution in [-0.4, -0.2) is 66.7 Å². The second-order valence-corrected chi connectivity index (χ2v) is 6.86. The van der Waals surface area contributed by atoms with Gasteiger partial charge in [0.25, 0.3) is 0 Å². The Kier molecular flexibility index (Phi) is 5.80. The molecule has 0 aliphatic carbocycles. The highest BCUT2D eigenvalue weighted by Crippen LogP contribution is 2.21. The van der Waals surface area contributed by atoms with Crippen LogP contribution >= 0.6 is 0 Å². The van der Waals surface area contributed by atoms with Gasteiger partial charge in [0.05, 0.1) is 12.9 Å². The molecular weight excluding hydrogens is 372 g/mol. The number of amides is 1. The van der Waals surface area contributed by atoms with Crippen LogP contribution in [0, 0.1) is 0 Å². The first kappa shape index (κ1) is 19.1. The number of aromatic nitrogens is 5. The van der Waals surface area contributed by atoms with E-state index >= 15 is 0 Å². The van der Waals surface area contributed by atoms with Crippen LogP contribution in [0.3, 0.4) is 0 Å². The van der Waals surface area contributed by atoms with Gasteiger partial charge in [-0.1, -0.05) is 6.07 Å². The number of pyridine rings is 1. The van der Waals surface area contributed by atoms with Crippen LogP contribution in [0.1, 0.15) is 18.4 Å². The maximum Gasteiger partial charge on any atom is 0.227 e. The van der Waals surface area contributed by atoms with Crippen molar-refractivity contribution < 1.29 is 9.90 Å². The molecule has 29 heavy (non-hydrogen) atoms. The lowest BCUT2D eigenvalue weighted by molar-refractivity contribution is -0.127. The summed E-state index contributed by atoms with van der Waals surface area (Å²) in [5.74, 6) is 1.22. The number of aliphatic hydroxyl groups is 1. The Morgan fingerprint density at radius 2 is 2.14 bits per heavy atom. The third-order valence-electron chi connectivity index (χ3n) is 4.82. The highest BCUT2D eigenvalue weighted by atomic mass is 16.3. The van der Waals surface area contributed by atoms with Gasteiger partial charge in [-0.25, -0.2) is 4.98 Å². The second-order valence-electron chi connectivity index (χ2n) is 6.86.